The van der Waals surface area contributed by atoms with Crippen LogP contribution in [0.5, 0.6) is 0 Å². The number of furan rings is 1. The summed E-state index contributed by atoms with van der Waals surface area (Å²) in [5, 5.41) is 6.25. The van der Waals surface area contributed by atoms with E-state index in [0.717, 1.165) is 22.3 Å². The quantitative estimate of drug-likeness (QED) is 0.764. The highest BCUT2D eigenvalue weighted by molar-refractivity contribution is 7.10. The first kappa shape index (κ1) is 13.3. The van der Waals surface area contributed by atoms with Crippen molar-refractivity contribution in [1.82, 2.24) is 5.32 Å². The molecule has 1 atom stereocenters. The number of nitrogens with one attached hydrogen (secondary N) is 1. The van der Waals surface area contributed by atoms with Crippen LogP contribution in [0.15, 0.2) is 34.1 Å². The van der Waals surface area contributed by atoms with Crippen LogP contribution in [0.4, 0.5) is 4.39 Å². The number of rotatable bonds is 3. The average molecular weight is 289 g/mol. The van der Waals surface area contributed by atoms with Crippen molar-refractivity contribution >= 4 is 22.3 Å². The summed E-state index contributed by atoms with van der Waals surface area (Å²) in [5.74, 6) is 0.617. The standard InChI is InChI=1S/C16H16FNOS/c1-9-6-11(8-20-9)15(18-3)16-10(2)13-7-12(17)4-5-14(13)19-16/h4-8,15,18H,1-3H3. The molecule has 20 heavy (non-hydrogen) atoms. The predicted molar refractivity (Wildman–Crippen MR) is 80.9 cm³/mol. The Kier molecular flexibility index (Phi) is 3.36. The van der Waals surface area contributed by atoms with Gasteiger partial charge in [0.1, 0.15) is 17.2 Å². The summed E-state index contributed by atoms with van der Waals surface area (Å²) in [6, 6.07) is 6.79. The van der Waals surface area contributed by atoms with E-state index in [1.165, 1.54) is 22.6 Å². The molecule has 0 spiro atoms. The Balaban J connectivity index is 2.14. The van der Waals surface area contributed by atoms with Gasteiger partial charge in [-0.3, -0.25) is 0 Å². The zero-order valence-electron chi connectivity index (χ0n) is 11.7. The lowest BCUT2D eigenvalue weighted by atomic mass is 10.0. The van der Waals surface area contributed by atoms with Crippen LogP contribution >= 0.6 is 11.3 Å². The van der Waals surface area contributed by atoms with E-state index < -0.39 is 0 Å². The van der Waals surface area contributed by atoms with Crippen LogP contribution in [0.2, 0.25) is 0 Å². The van der Waals surface area contributed by atoms with E-state index in [1.54, 1.807) is 17.4 Å². The third kappa shape index (κ3) is 2.15. The number of thiophene rings is 1. The fourth-order valence-corrected chi connectivity index (χ4v) is 3.28. The minimum atomic E-state index is -0.236. The highest BCUT2D eigenvalue weighted by Gasteiger charge is 2.21. The lowest BCUT2D eigenvalue weighted by Crippen LogP contribution is -2.17. The van der Waals surface area contributed by atoms with Gasteiger partial charge in [-0.25, -0.2) is 4.39 Å². The Labute approximate surface area is 121 Å². The normalized spacial score (nSPS) is 13.0. The molecule has 0 saturated carbocycles. The molecule has 2 nitrogen and oxygen atoms in total. The number of halogens is 1. The maximum atomic E-state index is 13.4. The maximum Gasteiger partial charge on any atom is 0.134 e. The highest BCUT2D eigenvalue weighted by Crippen LogP contribution is 2.34. The van der Waals surface area contributed by atoms with Gasteiger partial charge in [0.05, 0.1) is 6.04 Å². The van der Waals surface area contributed by atoms with E-state index in [4.69, 9.17) is 4.42 Å². The second-order valence-corrected chi connectivity index (χ2v) is 6.06. The summed E-state index contributed by atoms with van der Waals surface area (Å²) in [4.78, 5) is 1.26. The third-order valence-electron chi connectivity index (χ3n) is 3.57. The van der Waals surface area contributed by atoms with Gasteiger partial charge in [-0.15, -0.1) is 11.3 Å². The fourth-order valence-electron chi connectivity index (χ4n) is 2.55. The minimum Gasteiger partial charge on any atom is -0.459 e. The van der Waals surface area contributed by atoms with Crippen molar-refractivity contribution in [1.29, 1.82) is 0 Å². The van der Waals surface area contributed by atoms with Crippen molar-refractivity contribution in [2.75, 3.05) is 7.05 Å². The van der Waals surface area contributed by atoms with Crippen LogP contribution in [-0.4, -0.2) is 7.05 Å². The van der Waals surface area contributed by atoms with Gasteiger partial charge in [-0.2, -0.15) is 0 Å². The van der Waals surface area contributed by atoms with E-state index in [-0.39, 0.29) is 11.9 Å². The largest absolute Gasteiger partial charge is 0.459 e. The SMILES string of the molecule is CNC(c1csc(C)c1)c1oc2ccc(F)cc2c1C. The monoisotopic (exact) mass is 289 g/mol. The summed E-state index contributed by atoms with van der Waals surface area (Å²) in [6.07, 6.45) is 0. The van der Waals surface area contributed by atoms with Crippen molar-refractivity contribution in [2.24, 2.45) is 0 Å². The molecular weight excluding hydrogens is 273 g/mol. The molecule has 2 heterocycles. The smallest absolute Gasteiger partial charge is 0.134 e. The van der Waals surface area contributed by atoms with Crippen LogP contribution < -0.4 is 5.32 Å². The molecule has 1 aromatic carbocycles. The van der Waals surface area contributed by atoms with Gasteiger partial charge >= 0.3 is 0 Å². The van der Waals surface area contributed by atoms with E-state index in [9.17, 15) is 4.39 Å². The zero-order valence-corrected chi connectivity index (χ0v) is 12.5. The number of aryl methyl sites for hydroxylation is 2. The van der Waals surface area contributed by atoms with Crippen molar-refractivity contribution in [3.8, 4) is 0 Å². The van der Waals surface area contributed by atoms with Crippen molar-refractivity contribution in [2.45, 2.75) is 19.9 Å². The molecule has 104 valence electrons. The van der Waals surface area contributed by atoms with E-state index in [1.807, 2.05) is 14.0 Å². The molecule has 2 aromatic heterocycles. The Morgan fingerprint density at radius 3 is 2.70 bits per heavy atom. The molecule has 0 fully saturated rings. The first-order valence-electron chi connectivity index (χ1n) is 6.51. The second-order valence-electron chi connectivity index (χ2n) is 4.94. The van der Waals surface area contributed by atoms with E-state index >= 15 is 0 Å². The van der Waals surface area contributed by atoms with Crippen LogP contribution in [0.1, 0.15) is 27.8 Å². The third-order valence-corrected chi connectivity index (χ3v) is 4.45. The molecule has 1 unspecified atom stereocenters. The molecule has 3 rings (SSSR count). The lowest BCUT2D eigenvalue weighted by molar-refractivity contribution is 0.488. The Hall–Kier alpha value is -1.65. The van der Waals surface area contributed by atoms with Gasteiger partial charge in [-0.1, -0.05) is 0 Å². The van der Waals surface area contributed by atoms with Gasteiger partial charge in [0.25, 0.3) is 0 Å². The summed E-state index contributed by atoms with van der Waals surface area (Å²) < 4.78 is 19.3. The minimum absolute atomic E-state index is 0.00425. The number of hydrogen-bond donors (Lipinski definition) is 1. The van der Waals surface area contributed by atoms with Gasteiger partial charge < -0.3 is 9.73 Å². The number of fused-ring (bicyclic) bond motifs is 1. The topological polar surface area (TPSA) is 25.2 Å². The highest BCUT2D eigenvalue weighted by atomic mass is 32.1. The lowest BCUT2D eigenvalue weighted by Gasteiger charge is -2.13. The van der Waals surface area contributed by atoms with Crippen molar-refractivity contribution < 1.29 is 8.81 Å². The van der Waals surface area contributed by atoms with E-state index in [2.05, 4.69) is 23.7 Å². The molecule has 3 aromatic rings. The summed E-state index contributed by atoms with van der Waals surface area (Å²) >= 11 is 1.72. The fraction of sp³-hybridized carbons (Fsp3) is 0.250. The van der Waals surface area contributed by atoms with Crippen molar-refractivity contribution in [3.05, 3.63) is 57.2 Å². The van der Waals surface area contributed by atoms with E-state index in [0.29, 0.717) is 0 Å². The van der Waals surface area contributed by atoms with Crippen molar-refractivity contribution in [3.63, 3.8) is 0 Å². The van der Waals surface area contributed by atoms with Gasteiger partial charge in [0.2, 0.25) is 0 Å². The van der Waals surface area contributed by atoms with Crippen LogP contribution in [0, 0.1) is 19.7 Å². The van der Waals surface area contributed by atoms with Gasteiger partial charge in [-0.05, 0) is 56.1 Å². The molecule has 0 amide bonds. The van der Waals surface area contributed by atoms with Crippen LogP contribution in [0.3, 0.4) is 0 Å². The predicted octanol–water partition coefficient (Wildman–Crippen LogP) is 4.56. The van der Waals surface area contributed by atoms with Gasteiger partial charge in [0.15, 0.2) is 0 Å². The molecule has 0 bridgehead atoms. The van der Waals surface area contributed by atoms with Crippen LogP contribution in [-0.2, 0) is 0 Å². The Bertz CT molecular complexity index is 759. The molecule has 0 aliphatic carbocycles. The Morgan fingerprint density at radius 1 is 1.25 bits per heavy atom. The average Bonchev–Trinajstić information content (AvgIpc) is 2.97. The molecule has 4 heteroatoms. The first-order chi connectivity index (χ1) is 9.60. The Morgan fingerprint density at radius 2 is 2.05 bits per heavy atom. The van der Waals surface area contributed by atoms with Crippen LogP contribution in [0.25, 0.3) is 11.0 Å². The van der Waals surface area contributed by atoms with Gasteiger partial charge in [0, 0.05) is 15.8 Å². The molecular formula is C16H16FNOS. The maximum absolute atomic E-state index is 13.4. The summed E-state index contributed by atoms with van der Waals surface area (Å²) in [6.45, 7) is 4.06. The first-order valence-corrected chi connectivity index (χ1v) is 7.39. The zero-order chi connectivity index (χ0) is 14.3. The molecule has 0 aliphatic rings. The second kappa shape index (κ2) is 5.04. The number of benzene rings is 1. The molecule has 0 radical (unpaired) electrons. The molecule has 0 aliphatic heterocycles. The number of hydrogen-bond acceptors (Lipinski definition) is 3. The molecule has 1 N–H and O–H groups in total. The molecule has 0 saturated heterocycles. The summed E-state index contributed by atoms with van der Waals surface area (Å²) in [7, 11) is 1.91. The summed E-state index contributed by atoms with van der Waals surface area (Å²) in [5.41, 5.74) is 2.89.